The Bertz CT molecular complexity index is 543. The third kappa shape index (κ3) is 2.85. The molecule has 2 aliphatic heterocycles. The van der Waals surface area contributed by atoms with E-state index in [0.717, 1.165) is 11.3 Å². The lowest BCUT2D eigenvalue weighted by Crippen LogP contribution is -2.66. The Hall–Kier alpha value is -1.69. The molecule has 2 heterocycles. The first kappa shape index (κ1) is 14.3. The van der Waals surface area contributed by atoms with E-state index in [2.05, 4.69) is 5.32 Å². The van der Waals surface area contributed by atoms with Crippen LogP contribution < -0.4 is 5.32 Å². The number of alkyl carbamates (subject to hydrolysis) is 1. The zero-order valence-corrected chi connectivity index (χ0v) is 12.7. The number of thioether (sulfide) groups is 1. The van der Waals surface area contributed by atoms with Gasteiger partial charge in [-0.15, -0.1) is 11.8 Å². The smallest absolute Gasteiger partial charge is 0.408 e. The molecule has 1 aromatic carbocycles. The number of amides is 2. The van der Waals surface area contributed by atoms with E-state index in [9.17, 15) is 9.59 Å². The molecule has 2 amide bonds. The standard InChI is InChI=1S/C15H18N2O3S/c1-2-12(21-11-6-4-3-5-7-11)13(18)17-9-15(10-17)8-16-14(19)20-15/h3-7,12H,2,8-10H2,1H3,(H,16,19). The molecule has 0 saturated carbocycles. The van der Waals surface area contributed by atoms with Crippen LogP contribution in [0.1, 0.15) is 13.3 Å². The number of nitrogens with zero attached hydrogens (tertiary/aromatic N) is 1. The van der Waals surface area contributed by atoms with Crippen molar-refractivity contribution < 1.29 is 14.3 Å². The van der Waals surface area contributed by atoms with E-state index in [1.807, 2.05) is 37.3 Å². The maximum absolute atomic E-state index is 12.5. The summed E-state index contributed by atoms with van der Waals surface area (Å²) in [5.41, 5.74) is -0.484. The van der Waals surface area contributed by atoms with Gasteiger partial charge in [0, 0.05) is 4.90 Å². The van der Waals surface area contributed by atoms with Gasteiger partial charge in [-0.1, -0.05) is 25.1 Å². The van der Waals surface area contributed by atoms with Crippen molar-refractivity contribution in [1.29, 1.82) is 0 Å². The highest BCUT2D eigenvalue weighted by Gasteiger charge is 2.52. The summed E-state index contributed by atoms with van der Waals surface area (Å²) >= 11 is 1.59. The Morgan fingerprint density at radius 2 is 2.14 bits per heavy atom. The largest absolute Gasteiger partial charge is 0.437 e. The van der Waals surface area contributed by atoms with Gasteiger partial charge in [0.25, 0.3) is 0 Å². The Kier molecular flexibility index (Phi) is 3.80. The van der Waals surface area contributed by atoms with E-state index in [4.69, 9.17) is 4.74 Å². The molecule has 1 unspecified atom stereocenters. The van der Waals surface area contributed by atoms with Crippen molar-refractivity contribution in [2.45, 2.75) is 29.1 Å². The van der Waals surface area contributed by atoms with Crippen LogP contribution in [-0.4, -0.2) is 47.4 Å². The molecule has 112 valence electrons. The second-order valence-electron chi connectivity index (χ2n) is 5.45. The van der Waals surface area contributed by atoms with Crippen LogP contribution in [0.2, 0.25) is 0 Å². The number of carbonyl (C=O) groups excluding carboxylic acids is 2. The summed E-state index contributed by atoms with van der Waals surface area (Å²) in [4.78, 5) is 26.5. The number of rotatable bonds is 4. The molecule has 2 saturated heterocycles. The Morgan fingerprint density at radius 1 is 1.43 bits per heavy atom. The molecule has 1 atom stereocenters. The molecule has 0 aliphatic carbocycles. The highest BCUT2D eigenvalue weighted by molar-refractivity contribution is 8.00. The number of carbonyl (C=O) groups is 2. The molecule has 21 heavy (non-hydrogen) atoms. The van der Waals surface area contributed by atoms with Crippen LogP contribution in [-0.2, 0) is 9.53 Å². The number of hydrogen-bond acceptors (Lipinski definition) is 4. The van der Waals surface area contributed by atoms with Crippen molar-refractivity contribution in [3.63, 3.8) is 0 Å². The van der Waals surface area contributed by atoms with Gasteiger partial charge < -0.3 is 15.0 Å². The molecule has 1 spiro atoms. The summed E-state index contributed by atoms with van der Waals surface area (Å²) < 4.78 is 5.25. The van der Waals surface area contributed by atoms with Crippen molar-refractivity contribution in [2.24, 2.45) is 0 Å². The van der Waals surface area contributed by atoms with E-state index in [0.29, 0.717) is 19.6 Å². The molecule has 0 aromatic heterocycles. The minimum Gasteiger partial charge on any atom is -0.437 e. The van der Waals surface area contributed by atoms with Gasteiger partial charge in [-0.05, 0) is 18.6 Å². The van der Waals surface area contributed by atoms with Gasteiger partial charge in [-0.2, -0.15) is 0 Å². The number of likely N-dealkylation sites (tertiary alicyclic amines) is 1. The first-order valence-corrected chi connectivity index (χ1v) is 7.97. The zero-order valence-electron chi connectivity index (χ0n) is 11.9. The summed E-state index contributed by atoms with van der Waals surface area (Å²) in [6.45, 7) is 3.51. The topological polar surface area (TPSA) is 58.6 Å². The molecule has 3 rings (SSSR count). The molecule has 2 fully saturated rings. The molecular weight excluding hydrogens is 288 g/mol. The number of ether oxygens (including phenoxy) is 1. The quantitative estimate of drug-likeness (QED) is 0.863. The molecule has 6 heteroatoms. The third-order valence-electron chi connectivity index (χ3n) is 3.80. The minimum atomic E-state index is -0.484. The fourth-order valence-electron chi connectivity index (χ4n) is 2.66. The van der Waals surface area contributed by atoms with Gasteiger partial charge in [0.1, 0.15) is 0 Å². The number of nitrogens with one attached hydrogen (secondary N) is 1. The van der Waals surface area contributed by atoms with Gasteiger partial charge >= 0.3 is 6.09 Å². The Morgan fingerprint density at radius 3 is 2.71 bits per heavy atom. The van der Waals surface area contributed by atoms with Crippen LogP contribution in [0.25, 0.3) is 0 Å². The van der Waals surface area contributed by atoms with Gasteiger partial charge in [-0.3, -0.25) is 4.79 Å². The maximum atomic E-state index is 12.5. The molecule has 1 N–H and O–H groups in total. The van der Waals surface area contributed by atoms with Crippen LogP contribution in [0.5, 0.6) is 0 Å². The number of hydrogen-bond donors (Lipinski definition) is 1. The fraction of sp³-hybridized carbons (Fsp3) is 0.467. The molecule has 2 aliphatic rings. The second kappa shape index (κ2) is 5.60. The average molecular weight is 306 g/mol. The third-order valence-corrected chi connectivity index (χ3v) is 5.17. The van der Waals surface area contributed by atoms with Crippen molar-refractivity contribution in [3.8, 4) is 0 Å². The lowest BCUT2D eigenvalue weighted by molar-refractivity contribution is -0.149. The SMILES string of the molecule is CCC(Sc1ccccc1)C(=O)N1CC2(CNC(=O)O2)C1. The number of benzene rings is 1. The summed E-state index contributed by atoms with van der Waals surface area (Å²) in [7, 11) is 0. The van der Waals surface area contributed by atoms with Gasteiger partial charge in [0.05, 0.1) is 24.9 Å². The molecule has 0 bridgehead atoms. The monoisotopic (exact) mass is 306 g/mol. The maximum Gasteiger partial charge on any atom is 0.408 e. The normalized spacial score (nSPS) is 20.6. The van der Waals surface area contributed by atoms with Crippen LogP contribution in [0.15, 0.2) is 35.2 Å². The van der Waals surface area contributed by atoms with E-state index >= 15 is 0 Å². The predicted molar refractivity (Wildman–Crippen MR) is 80.2 cm³/mol. The lowest BCUT2D eigenvalue weighted by Gasteiger charge is -2.46. The van der Waals surface area contributed by atoms with Crippen molar-refractivity contribution in [1.82, 2.24) is 10.2 Å². The van der Waals surface area contributed by atoms with Crippen molar-refractivity contribution in [3.05, 3.63) is 30.3 Å². The summed E-state index contributed by atoms with van der Waals surface area (Å²) in [5.74, 6) is 0.125. The highest BCUT2D eigenvalue weighted by Crippen LogP contribution is 2.32. The van der Waals surface area contributed by atoms with Crippen molar-refractivity contribution in [2.75, 3.05) is 19.6 Å². The lowest BCUT2D eigenvalue weighted by atomic mass is 9.94. The van der Waals surface area contributed by atoms with Crippen LogP contribution in [0.3, 0.4) is 0 Å². The van der Waals surface area contributed by atoms with E-state index in [1.165, 1.54) is 0 Å². The summed E-state index contributed by atoms with van der Waals surface area (Å²) in [5, 5.41) is 2.56. The fourth-order valence-corrected chi connectivity index (χ4v) is 3.72. The van der Waals surface area contributed by atoms with E-state index < -0.39 is 5.60 Å². The molecule has 5 nitrogen and oxygen atoms in total. The zero-order chi connectivity index (χ0) is 14.9. The highest BCUT2D eigenvalue weighted by atomic mass is 32.2. The van der Waals surface area contributed by atoms with E-state index in [-0.39, 0.29) is 17.3 Å². The van der Waals surface area contributed by atoms with Crippen LogP contribution in [0.4, 0.5) is 4.79 Å². The summed E-state index contributed by atoms with van der Waals surface area (Å²) in [6.07, 6.45) is 0.396. The van der Waals surface area contributed by atoms with Crippen molar-refractivity contribution >= 4 is 23.8 Å². The second-order valence-corrected chi connectivity index (χ2v) is 6.72. The van der Waals surface area contributed by atoms with Gasteiger partial charge in [-0.25, -0.2) is 4.79 Å². The molecule has 0 radical (unpaired) electrons. The molecule has 1 aromatic rings. The predicted octanol–water partition coefficient (Wildman–Crippen LogP) is 1.88. The first-order chi connectivity index (χ1) is 10.1. The minimum absolute atomic E-state index is 0.0881. The van der Waals surface area contributed by atoms with Gasteiger partial charge in [0.2, 0.25) is 5.91 Å². The molecular formula is C15H18N2O3S. The van der Waals surface area contributed by atoms with Crippen LogP contribution >= 0.6 is 11.8 Å². The Balaban J connectivity index is 1.58. The first-order valence-electron chi connectivity index (χ1n) is 7.09. The van der Waals surface area contributed by atoms with Crippen LogP contribution in [0, 0.1) is 0 Å². The van der Waals surface area contributed by atoms with Gasteiger partial charge in [0.15, 0.2) is 5.60 Å². The van der Waals surface area contributed by atoms with E-state index in [1.54, 1.807) is 16.7 Å². The Labute approximate surface area is 128 Å². The summed E-state index contributed by atoms with van der Waals surface area (Å²) in [6, 6.07) is 9.94. The average Bonchev–Trinajstić information content (AvgIpc) is 2.86.